The molecule has 0 atom stereocenters. The number of rotatable bonds is 5. The smallest absolute Gasteiger partial charge is 0.164 e. The van der Waals surface area contributed by atoms with Crippen molar-refractivity contribution in [2.75, 3.05) is 0 Å². The molecule has 6 heteroatoms. The number of thiophene rings is 1. The van der Waals surface area contributed by atoms with Crippen molar-refractivity contribution in [3.8, 4) is 55.9 Å². The summed E-state index contributed by atoms with van der Waals surface area (Å²) in [4.78, 5) is 20.1. The molecule has 0 saturated carbocycles. The third-order valence-electron chi connectivity index (χ3n) is 8.17. The lowest BCUT2D eigenvalue weighted by molar-refractivity contribution is 1.08. The van der Waals surface area contributed by atoms with E-state index in [1.807, 2.05) is 42.5 Å². The Bertz CT molecular complexity index is 2500. The minimum absolute atomic E-state index is 0.649. The van der Waals surface area contributed by atoms with Crippen LogP contribution in [0.25, 0.3) is 86.3 Å². The van der Waals surface area contributed by atoms with E-state index in [1.165, 1.54) is 19.5 Å². The van der Waals surface area contributed by atoms with Crippen molar-refractivity contribution < 1.29 is 0 Å². The molecule has 3 aromatic heterocycles. The van der Waals surface area contributed by atoms with Gasteiger partial charge in [0.25, 0.3) is 0 Å². The second-order valence-corrected chi connectivity index (χ2v) is 13.2. The first-order valence-corrected chi connectivity index (χ1v) is 16.7. The molecule has 216 valence electrons. The lowest BCUT2D eigenvalue weighted by atomic mass is 10.0. The summed E-state index contributed by atoms with van der Waals surface area (Å²) in [5, 5.41) is 3.38. The first kappa shape index (κ1) is 26.8. The second kappa shape index (κ2) is 11.1. The fraction of sp³-hybridized carbons (Fsp3) is 0. The predicted molar refractivity (Wildman–Crippen MR) is 193 cm³/mol. The highest BCUT2D eigenvalue weighted by Gasteiger charge is 2.18. The minimum atomic E-state index is 0.649. The Morgan fingerprint density at radius 1 is 0.370 bits per heavy atom. The lowest BCUT2D eigenvalue weighted by Crippen LogP contribution is -2.00. The van der Waals surface area contributed by atoms with Crippen LogP contribution in [0.1, 0.15) is 0 Å². The maximum absolute atomic E-state index is 5.13. The van der Waals surface area contributed by atoms with Crippen molar-refractivity contribution in [3.63, 3.8) is 0 Å². The van der Waals surface area contributed by atoms with Gasteiger partial charge in [0, 0.05) is 42.4 Å². The van der Waals surface area contributed by atoms with Crippen molar-refractivity contribution in [1.29, 1.82) is 0 Å². The molecule has 0 radical (unpaired) electrons. The summed E-state index contributed by atoms with van der Waals surface area (Å²) < 4.78 is 3.61. The van der Waals surface area contributed by atoms with Crippen LogP contribution < -0.4 is 0 Å². The van der Waals surface area contributed by atoms with Crippen molar-refractivity contribution in [3.05, 3.63) is 146 Å². The van der Waals surface area contributed by atoms with E-state index in [9.17, 15) is 0 Å². The molecule has 0 bridgehead atoms. The van der Waals surface area contributed by atoms with E-state index >= 15 is 0 Å². The maximum atomic E-state index is 5.13. The minimum Gasteiger partial charge on any atom is -0.236 e. The van der Waals surface area contributed by atoms with Gasteiger partial charge in [-0.3, -0.25) is 0 Å². The Morgan fingerprint density at radius 2 is 1.02 bits per heavy atom. The average Bonchev–Trinajstić information content (AvgIpc) is 3.74. The average molecular weight is 625 g/mol. The Labute approximate surface area is 273 Å². The molecule has 0 unspecified atom stereocenters. The zero-order valence-corrected chi connectivity index (χ0v) is 26.1. The summed E-state index contributed by atoms with van der Waals surface area (Å²) >= 11 is 3.52. The number of thiazole rings is 1. The first-order chi connectivity index (χ1) is 22.8. The molecule has 9 aromatic rings. The van der Waals surface area contributed by atoms with E-state index in [1.54, 1.807) is 22.7 Å². The number of para-hydroxylation sites is 1. The Balaban J connectivity index is 1.21. The normalized spacial score (nSPS) is 11.5. The monoisotopic (exact) mass is 624 g/mol. The fourth-order valence-electron chi connectivity index (χ4n) is 5.95. The molecule has 0 aliphatic rings. The largest absolute Gasteiger partial charge is 0.236 e. The maximum Gasteiger partial charge on any atom is 0.164 e. The van der Waals surface area contributed by atoms with E-state index in [2.05, 4.69) is 103 Å². The number of aromatic nitrogens is 4. The van der Waals surface area contributed by atoms with Crippen molar-refractivity contribution >= 4 is 53.1 Å². The molecule has 0 aliphatic carbocycles. The van der Waals surface area contributed by atoms with Crippen LogP contribution in [0.15, 0.2) is 146 Å². The van der Waals surface area contributed by atoms with Gasteiger partial charge < -0.3 is 0 Å². The molecule has 0 amide bonds. The van der Waals surface area contributed by atoms with E-state index in [4.69, 9.17) is 19.9 Å². The number of fused-ring (bicyclic) bond motifs is 4. The molecular formula is C40H24N4S2. The topological polar surface area (TPSA) is 51.6 Å². The SMILES string of the molecule is c1ccc(-c2cccc(-c3nc(-c4ccccc4)nc(-c4cccc5sc6cc(-c7nc8ccccc8s7)ccc6c45)n3)c2)cc1. The zero-order chi connectivity index (χ0) is 30.5. The predicted octanol–water partition coefficient (Wildman–Crippen LogP) is 11.2. The highest BCUT2D eigenvalue weighted by atomic mass is 32.1. The van der Waals surface area contributed by atoms with Crippen molar-refractivity contribution in [2.45, 2.75) is 0 Å². The Kier molecular flexibility index (Phi) is 6.47. The zero-order valence-electron chi connectivity index (χ0n) is 24.5. The number of benzene rings is 6. The van der Waals surface area contributed by atoms with Crippen LogP contribution in [0.3, 0.4) is 0 Å². The summed E-state index contributed by atoms with van der Waals surface area (Å²) in [5.74, 6) is 1.96. The summed E-state index contributed by atoms with van der Waals surface area (Å²) in [6.07, 6.45) is 0. The van der Waals surface area contributed by atoms with Crippen LogP contribution in [0.5, 0.6) is 0 Å². The Hall–Kier alpha value is -5.56. The third kappa shape index (κ3) is 4.76. The number of hydrogen-bond donors (Lipinski definition) is 0. The summed E-state index contributed by atoms with van der Waals surface area (Å²) in [6, 6.07) is 50.4. The Morgan fingerprint density at radius 3 is 1.85 bits per heavy atom. The summed E-state index contributed by atoms with van der Waals surface area (Å²) in [7, 11) is 0. The van der Waals surface area contributed by atoms with E-state index in [0.29, 0.717) is 17.5 Å². The second-order valence-electron chi connectivity index (χ2n) is 11.1. The van der Waals surface area contributed by atoms with Gasteiger partial charge in [0.05, 0.1) is 10.2 Å². The van der Waals surface area contributed by atoms with Crippen molar-refractivity contribution in [2.24, 2.45) is 0 Å². The van der Waals surface area contributed by atoms with Gasteiger partial charge in [0.15, 0.2) is 17.5 Å². The molecule has 6 aromatic carbocycles. The van der Waals surface area contributed by atoms with Gasteiger partial charge in [0.1, 0.15) is 5.01 Å². The molecule has 9 rings (SSSR count). The standard InChI is InChI=1S/C40H24N4S2/c1-3-11-25(12-4-1)27-15-9-16-28(23-27)38-42-37(26-13-5-2-6-14-26)43-39(44-38)31-17-10-20-34-36(31)30-22-21-29(24-35(30)45-34)40-41-32-18-7-8-19-33(32)46-40/h1-24H. The molecule has 0 N–H and O–H groups in total. The molecule has 0 fully saturated rings. The van der Waals surface area contributed by atoms with Gasteiger partial charge in [-0.1, -0.05) is 115 Å². The third-order valence-corrected chi connectivity index (χ3v) is 10.4. The highest BCUT2D eigenvalue weighted by Crippen LogP contribution is 2.42. The van der Waals surface area contributed by atoms with Crippen molar-refractivity contribution in [1.82, 2.24) is 19.9 Å². The van der Waals surface area contributed by atoms with Gasteiger partial charge in [-0.05, 0) is 41.5 Å². The number of nitrogens with zero attached hydrogens (tertiary/aromatic N) is 4. The van der Waals surface area contributed by atoms with Gasteiger partial charge in [-0.25, -0.2) is 19.9 Å². The van der Waals surface area contributed by atoms with Crippen LogP contribution in [0, 0.1) is 0 Å². The quantitative estimate of drug-likeness (QED) is 0.191. The van der Waals surface area contributed by atoms with E-state index < -0.39 is 0 Å². The highest BCUT2D eigenvalue weighted by molar-refractivity contribution is 7.26. The summed E-state index contributed by atoms with van der Waals surface area (Å²) in [5.41, 5.74) is 7.35. The first-order valence-electron chi connectivity index (χ1n) is 15.1. The number of hydrogen-bond acceptors (Lipinski definition) is 6. The van der Waals surface area contributed by atoms with E-state index in [-0.39, 0.29) is 0 Å². The van der Waals surface area contributed by atoms with Crippen LogP contribution in [-0.4, -0.2) is 19.9 Å². The van der Waals surface area contributed by atoms with Crippen LogP contribution in [0.2, 0.25) is 0 Å². The van der Waals surface area contributed by atoms with Crippen LogP contribution >= 0.6 is 22.7 Å². The molecule has 3 heterocycles. The van der Waals surface area contributed by atoms with E-state index in [0.717, 1.165) is 49.3 Å². The van der Waals surface area contributed by atoms with Crippen LogP contribution in [0.4, 0.5) is 0 Å². The van der Waals surface area contributed by atoms with Gasteiger partial charge in [0.2, 0.25) is 0 Å². The lowest BCUT2D eigenvalue weighted by Gasteiger charge is -2.10. The van der Waals surface area contributed by atoms with Crippen LogP contribution in [-0.2, 0) is 0 Å². The molecule has 0 spiro atoms. The molecular weight excluding hydrogens is 601 g/mol. The fourth-order valence-corrected chi connectivity index (χ4v) is 8.08. The van der Waals surface area contributed by atoms with Gasteiger partial charge in [-0.15, -0.1) is 22.7 Å². The van der Waals surface area contributed by atoms with Gasteiger partial charge >= 0.3 is 0 Å². The molecule has 0 saturated heterocycles. The molecule has 46 heavy (non-hydrogen) atoms. The molecule has 0 aliphatic heterocycles. The molecule has 4 nitrogen and oxygen atoms in total. The van der Waals surface area contributed by atoms with Gasteiger partial charge in [-0.2, -0.15) is 0 Å². The summed E-state index contributed by atoms with van der Waals surface area (Å²) in [6.45, 7) is 0.